The van der Waals surface area contributed by atoms with Gasteiger partial charge in [-0.2, -0.15) is 0 Å². The summed E-state index contributed by atoms with van der Waals surface area (Å²) in [5, 5.41) is 12.5. The Bertz CT molecular complexity index is 479. The molecule has 1 aromatic carbocycles. The highest BCUT2D eigenvalue weighted by Gasteiger charge is 2.20. The van der Waals surface area contributed by atoms with Crippen LogP contribution in [-0.4, -0.2) is 54.8 Å². The molecule has 0 radical (unpaired) electrons. The number of nitrogens with two attached hydrogens (primary N) is 1. The fourth-order valence-corrected chi connectivity index (χ4v) is 2.24. The first-order chi connectivity index (χ1) is 9.61. The number of likely N-dealkylation sites (N-methyl/N-ethyl adjacent to an activating group) is 1. The number of phenolic OH excluding ortho intramolecular Hbond substituents is 1. The number of hydrogen-bond donors (Lipinski definition) is 3. The second-order valence-electron chi connectivity index (χ2n) is 4.84. The van der Waals surface area contributed by atoms with Crippen molar-refractivity contribution in [2.24, 2.45) is 0 Å². The third-order valence-electron chi connectivity index (χ3n) is 3.47. The number of amides is 1. The highest BCUT2D eigenvalue weighted by Crippen LogP contribution is 2.24. The molecule has 4 N–H and O–H groups in total. The molecule has 6 heteroatoms. The van der Waals surface area contributed by atoms with Crippen LogP contribution in [0.3, 0.4) is 0 Å². The average molecular weight is 279 g/mol. The third-order valence-corrected chi connectivity index (χ3v) is 3.47. The number of para-hydroxylation sites is 1. The number of rotatable bonds is 4. The summed E-state index contributed by atoms with van der Waals surface area (Å²) in [6, 6.07) is 4.73. The van der Waals surface area contributed by atoms with E-state index < -0.39 is 0 Å². The minimum Gasteiger partial charge on any atom is -0.505 e. The van der Waals surface area contributed by atoms with Gasteiger partial charge in [-0.05, 0) is 18.7 Å². The van der Waals surface area contributed by atoms with Crippen LogP contribution >= 0.6 is 0 Å². The molecule has 0 aromatic heterocycles. The summed E-state index contributed by atoms with van der Waals surface area (Å²) in [6.07, 6.45) is -0.0177. The van der Waals surface area contributed by atoms with Crippen molar-refractivity contribution < 1.29 is 14.6 Å². The molecule has 1 unspecified atom stereocenters. The van der Waals surface area contributed by atoms with E-state index in [9.17, 15) is 9.90 Å². The number of nitrogens with zero attached hydrogens (tertiary/aromatic N) is 1. The summed E-state index contributed by atoms with van der Waals surface area (Å²) in [7, 11) is 0. The van der Waals surface area contributed by atoms with E-state index in [2.05, 4.69) is 17.1 Å². The van der Waals surface area contributed by atoms with E-state index in [4.69, 9.17) is 10.5 Å². The zero-order valence-corrected chi connectivity index (χ0v) is 11.6. The van der Waals surface area contributed by atoms with E-state index in [0.717, 1.165) is 19.6 Å². The van der Waals surface area contributed by atoms with Crippen LogP contribution in [0.25, 0.3) is 0 Å². The Hall–Kier alpha value is -1.79. The number of benzene rings is 1. The molecule has 2 rings (SSSR count). The van der Waals surface area contributed by atoms with Gasteiger partial charge in [0.1, 0.15) is 0 Å². The van der Waals surface area contributed by atoms with Gasteiger partial charge in [-0.1, -0.05) is 13.0 Å². The molecule has 1 saturated heterocycles. The maximum Gasteiger partial charge on any atom is 0.255 e. The molecular formula is C14H21N3O3. The van der Waals surface area contributed by atoms with Gasteiger partial charge in [-0.25, -0.2) is 0 Å². The van der Waals surface area contributed by atoms with Crippen molar-refractivity contribution in [1.29, 1.82) is 0 Å². The molecule has 1 aromatic rings. The van der Waals surface area contributed by atoms with Crippen LogP contribution in [0, 0.1) is 0 Å². The normalized spacial score (nSPS) is 19.8. The van der Waals surface area contributed by atoms with Crippen molar-refractivity contribution in [2.75, 3.05) is 38.5 Å². The van der Waals surface area contributed by atoms with Gasteiger partial charge >= 0.3 is 0 Å². The van der Waals surface area contributed by atoms with Gasteiger partial charge in [0.15, 0.2) is 5.75 Å². The summed E-state index contributed by atoms with van der Waals surface area (Å²) in [4.78, 5) is 14.3. The number of hydrogen-bond acceptors (Lipinski definition) is 5. The lowest BCUT2D eigenvalue weighted by molar-refractivity contribution is -0.0246. The van der Waals surface area contributed by atoms with Crippen molar-refractivity contribution in [1.82, 2.24) is 10.2 Å². The zero-order chi connectivity index (χ0) is 14.5. The monoisotopic (exact) mass is 279 g/mol. The quantitative estimate of drug-likeness (QED) is 0.549. The summed E-state index contributed by atoms with van der Waals surface area (Å²) in [5.41, 5.74) is 5.96. The number of carbonyl (C=O) groups is 1. The molecule has 6 nitrogen and oxygen atoms in total. The molecule has 1 amide bonds. The Morgan fingerprint density at radius 1 is 1.60 bits per heavy atom. The van der Waals surface area contributed by atoms with Crippen LogP contribution < -0.4 is 11.1 Å². The fraction of sp³-hybridized carbons (Fsp3) is 0.500. The number of morpholine rings is 1. The van der Waals surface area contributed by atoms with E-state index in [1.165, 1.54) is 0 Å². The molecule has 0 bridgehead atoms. The molecule has 1 aliphatic rings. The maximum absolute atomic E-state index is 12.0. The van der Waals surface area contributed by atoms with E-state index in [1.54, 1.807) is 18.2 Å². The molecule has 1 aliphatic heterocycles. The lowest BCUT2D eigenvalue weighted by Gasteiger charge is -2.32. The SMILES string of the molecule is CCN1CCOC(CNC(=O)c2cccc(N)c2O)C1. The molecule has 1 fully saturated rings. The van der Waals surface area contributed by atoms with Crippen molar-refractivity contribution in [3.8, 4) is 5.75 Å². The van der Waals surface area contributed by atoms with Crippen molar-refractivity contribution in [2.45, 2.75) is 13.0 Å². The van der Waals surface area contributed by atoms with Crippen LogP contribution in [0.5, 0.6) is 5.75 Å². The highest BCUT2D eigenvalue weighted by molar-refractivity contribution is 5.98. The first-order valence-corrected chi connectivity index (χ1v) is 6.81. The maximum atomic E-state index is 12.0. The van der Waals surface area contributed by atoms with Gasteiger partial charge in [-0.3, -0.25) is 9.69 Å². The van der Waals surface area contributed by atoms with Crippen LogP contribution in [-0.2, 0) is 4.74 Å². The molecule has 1 heterocycles. The van der Waals surface area contributed by atoms with Gasteiger partial charge in [-0.15, -0.1) is 0 Å². The molecule has 0 saturated carbocycles. The number of phenols is 1. The predicted molar refractivity (Wildman–Crippen MR) is 76.7 cm³/mol. The molecule has 110 valence electrons. The Morgan fingerprint density at radius 3 is 3.15 bits per heavy atom. The fourth-order valence-electron chi connectivity index (χ4n) is 2.24. The summed E-state index contributed by atoms with van der Waals surface area (Å²) in [5.74, 6) is -0.517. The first kappa shape index (κ1) is 14.6. The smallest absolute Gasteiger partial charge is 0.255 e. The number of anilines is 1. The van der Waals surface area contributed by atoms with E-state index in [-0.39, 0.29) is 29.0 Å². The topological polar surface area (TPSA) is 87.8 Å². The van der Waals surface area contributed by atoms with Crippen LogP contribution in [0.4, 0.5) is 5.69 Å². The lowest BCUT2D eigenvalue weighted by Crippen LogP contribution is -2.47. The van der Waals surface area contributed by atoms with E-state index >= 15 is 0 Å². The summed E-state index contributed by atoms with van der Waals surface area (Å²) < 4.78 is 5.61. The number of aromatic hydroxyl groups is 1. The van der Waals surface area contributed by atoms with Gasteiger partial charge in [0.05, 0.1) is 24.0 Å². The van der Waals surface area contributed by atoms with Gasteiger partial charge in [0.25, 0.3) is 5.91 Å². The van der Waals surface area contributed by atoms with Gasteiger partial charge in [0.2, 0.25) is 0 Å². The van der Waals surface area contributed by atoms with Crippen LogP contribution in [0.1, 0.15) is 17.3 Å². The molecule has 0 spiro atoms. The third kappa shape index (κ3) is 3.40. The Labute approximate surface area is 118 Å². The largest absolute Gasteiger partial charge is 0.505 e. The number of nitrogen functional groups attached to an aromatic ring is 1. The predicted octanol–water partition coefficient (Wildman–Crippen LogP) is 0.425. The second-order valence-corrected chi connectivity index (χ2v) is 4.84. The standard InChI is InChI=1S/C14H21N3O3/c1-2-17-6-7-20-10(9-17)8-16-14(19)11-4-3-5-12(15)13(11)18/h3-5,10,18H,2,6-9,15H2,1H3,(H,16,19). The highest BCUT2D eigenvalue weighted by atomic mass is 16.5. The molecule has 20 heavy (non-hydrogen) atoms. The number of ether oxygens (including phenoxy) is 1. The minimum atomic E-state index is -0.341. The van der Waals surface area contributed by atoms with Crippen LogP contribution in [0.15, 0.2) is 18.2 Å². The Kier molecular flexibility index (Phi) is 4.81. The summed E-state index contributed by atoms with van der Waals surface area (Å²) >= 11 is 0. The van der Waals surface area contributed by atoms with Gasteiger partial charge in [0, 0.05) is 19.6 Å². The van der Waals surface area contributed by atoms with Crippen molar-refractivity contribution in [3.63, 3.8) is 0 Å². The second kappa shape index (κ2) is 6.58. The van der Waals surface area contributed by atoms with Crippen molar-refractivity contribution in [3.05, 3.63) is 23.8 Å². The van der Waals surface area contributed by atoms with E-state index in [1.807, 2.05) is 0 Å². The number of carbonyl (C=O) groups excluding carboxylic acids is 1. The first-order valence-electron chi connectivity index (χ1n) is 6.81. The Morgan fingerprint density at radius 2 is 2.40 bits per heavy atom. The number of nitrogens with one attached hydrogen (secondary N) is 1. The summed E-state index contributed by atoms with van der Waals surface area (Å²) in [6.45, 7) is 5.91. The molecular weight excluding hydrogens is 258 g/mol. The average Bonchev–Trinajstić information content (AvgIpc) is 2.48. The lowest BCUT2D eigenvalue weighted by atomic mass is 10.1. The van der Waals surface area contributed by atoms with E-state index in [0.29, 0.717) is 13.2 Å². The Balaban J connectivity index is 1.90. The molecule has 0 aliphatic carbocycles. The molecule has 1 atom stereocenters. The zero-order valence-electron chi connectivity index (χ0n) is 11.6. The van der Waals surface area contributed by atoms with Crippen LogP contribution in [0.2, 0.25) is 0 Å². The van der Waals surface area contributed by atoms with Crippen molar-refractivity contribution >= 4 is 11.6 Å². The van der Waals surface area contributed by atoms with Gasteiger partial charge < -0.3 is 20.9 Å². The minimum absolute atomic E-state index is 0.0177.